The number of hydrogen-bond acceptors (Lipinski definition) is 3. The number of allylic oxidation sites excluding steroid dienone is 4. The second kappa shape index (κ2) is 8.31. The molecule has 6 aromatic rings. The van der Waals surface area contributed by atoms with Gasteiger partial charge in [0, 0.05) is 16.5 Å². The van der Waals surface area contributed by atoms with Gasteiger partial charge in [0.05, 0.1) is 34.2 Å². The Morgan fingerprint density at radius 1 is 0.744 bits per heavy atom. The fourth-order valence-electron chi connectivity index (χ4n) is 5.87. The van der Waals surface area contributed by atoms with Crippen molar-refractivity contribution >= 4 is 44.1 Å². The third kappa shape index (κ3) is 3.34. The van der Waals surface area contributed by atoms with Crippen LogP contribution in [0.3, 0.4) is 0 Å². The fourth-order valence-corrected chi connectivity index (χ4v) is 5.87. The number of nitrogens with one attached hydrogen (secondary N) is 1. The molecule has 182 valence electrons. The largest absolute Gasteiger partial charge is 0.374 e. The number of para-hydroxylation sites is 2. The van der Waals surface area contributed by atoms with Gasteiger partial charge in [-0.3, -0.25) is 4.40 Å². The van der Waals surface area contributed by atoms with E-state index in [-0.39, 0.29) is 6.04 Å². The quantitative estimate of drug-likeness (QED) is 0.249. The first-order valence-electron chi connectivity index (χ1n) is 13.1. The van der Waals surface area contributed by atoms with Crippen LogP contribution in [0.1, 0.15) is 11.1 Å². The van der Waals surface area contributed by atoms with E-state index >= 15 is 0 Å². The Kier molecular flexibility index (Phi) is 4.61. The van der Waals surface area contributed by atoms with Crippen molar-refractivity contribution in [1.82, 2.24) is 14.7 Å². The average Bonchev–Trinajstić information content (AvgIpc) is 3.40. The summed E-state index contributed by atoms with van der Waals surface area (Å²) in [5, 5.41) is 16.6. The van der Waals surface area contributed by atoms with Crippen molar-refractivity contribution in [2.75, 3.05) is 0 Å². The third-order valence-corrected chi connectivity index (χ3v) is 7.82. The standard InChI is InChI=1S/C35H22N4/c36-21-22-9-16-27-29-20-26(14-17-28(29)35-38-32-7-3-4-8-33(32)39(35)34(27)19-22)23-10-12-25(13-11-23)31-18-15-24-5-1-2-6-30(24)37-31/h1-20,30,37H. The van der Waals surface area contributed by atoms with E-state index in [0.717, 1.165) is 60.7 Å². The number of benzene rings is 4. The molecular weight excluding hydrogens is 476 g/mol. The van der Waals surface area contributed by atoms with Crippen LogP contribution in [0.25, 0.3) is 55.2 Å². The summed E-state index contributed by atoms with van der Waals surface area (Å²) in [6.07, 6.45) is 12.8. The minimum atomic E-state index is 0.223. The van der Waals surface area contributed by atoms with Gasteiger partial charge in [-0.05, 0) is 70.1 Å². The number of nitriles is 1. The lowest BCUT2D eigenvalue weighted by molar-refractivity contribution is 0.813. The smallest absolute Gasteiger partial charge is 0.146 e. The molecule has 1 N–H and O–H groups in total. The maximum Gasteiger partial charge on any atom is 0.146 e. The van der Waals surface area contributed by atoms with Crippen LogP contribution in [0, 0.1) is 11.3 Å². The van der Waals surface area contributed by atoms with E-state index < -0.39 is 0 Å². The summed E-state index contributed by atoms with van der Waals surface area (Å²) in [6.45, 7) is 0. The van der Waals surface area contributed by atoms with Crippen LogP contribution >= 0.6 is 0 Å². The van der Waals surface area contributed by atoms with E-state index in [2.05, 4.69) is 107 Å². The van der Waals surface area contributed by atoms with Gasteiger partial charge in [-0.15, -0.1) is 0 Å². The number of nitrogens with zero attached hydrogens (tertiary/aromatic N) is 3. The fraction of sp³-hybridized carbons (Fsp3) is 0.0286. The van der Waals surface area contributed by atoms with Crippen LogP contribution in [0.5, 0.6) is 0 Å². The van der Waals surface area contributed by atoms with Gasteiger partial charge < -0.3 is 5.32 Å². The highest BCUT2D eigenvalue weighted by molar-refractivity contribution is 6.15. The van der Waals surface area contributed by atoms with E-state index in [4.69, 9.17) is 4.98 Å². The summed E-state index contributed by atoms with van der Waals surface area (Å²) < 4.78 is 2.18. The molecule has 0 radical (unpaired) electrons. The molecule has 0 fully saturated rings. The predicted molar refractivity (Wildman–Crippen MR) is 159 cm³/mol. The van der Waals surface area contributed by atoms with Crippen molar-refractivity contribution < 1.29 is 0 Å². The van der Waals surface area contributed by atoms with Crippen molar-refractivity contribution in [2.24, 2.45) is 0 Å². The van der Waals surface area contributed by atoms with Crippen molar-refractivity contribution in [3.63, 3.8) is 0 Å². The van der Waals surface area contributed by atoms with Crippen LogP contribution in [-0.2, 0) is 0 Å². The van der Waals surface area contributed by atoms with Gasteiger partial charge in [-0.2, -0.15) is 5.26 Å². The van der Waals surface area contributed by atoms with Crippen LogP contribution in [0.2, 0.25) is 0 Å². The van der Waals surface area contributed by atoms with Crippen molar-refractivity contribution in [3.05, 3.63) is 138 Å². The van der Waals surface area contributed by atoms with Crippen molar-refractivity contribution in [2.45, 2.75) is 6.04 Å². The molecule has 2 aromatic heterocycles. The summed E-state index contributed by atoms with van der Waals surface area (Å²) in [4.78, 5) is 5.00. The van der Waals surface area contributed by atoms with Gasteiger partial charge in [0.15, 0.2) is 0 Å². The van der Waals surface area contributed by atoms with E-state index in [0.29, 0.717) is 5.56 Å². The average molecular weight is 499 g/mol. The first-order valence-corrected chi connectivity index (χ1v) is 13.1. The Balaban J connectivity index is 1.27. The predicted octanol–water partition coefficient (Wildman–Crippen LogP) is 7.70. The van der Waals surface area contributed by atoms with E-state index in [1.807, 2.05) is 30.3 Å². The normalized spacial score (nSPS) is 16.2. The molecule has 4 nitrogen and oxygen atoms in total. The van der Waals surface area contributed by atoms with Crippen LogP contribution < -0.4 is 5.32 Å². The van der Waals surface area contributed by atoms with E-state index in [9.17, 15) is 5.26 Å². The molecule has 0 spiro atoms. The second-order valence-corrected chi connectivity index (χ2v) is 10.1. The van der Waals surface area contributed by atoms with Gasteiger partial charge in [0.25, 0.3) is 0 Å². The number of dihydropyridines is 1. The van der Waals surface area contributed by atoms with Crippen molar-refractivity contribution in [1.29, 1.82) is 5.26 Å². The zero-order valence-corrected chi connectivity index (χ0v) is 21.0. The lowest BCUT2D eigenvalue weighted by atomic mass is 9.95. The molecule has 0 bridgehead atoms. The van der Waals surface area contributed by atoms with Gasteiger partial charge >= 0.3 is 0 Å². The molecule has 8 rings (SSSR count). The minimum absolute atomic E-state index is 0.223. The molecule has 1 unspecified atom stereocenters. The summed E-state index contributed by atoms with van der Waals surface area (Å²) >= 11 is 0. The molecular formula is C35H22N4. The summed E-state index contributed by atoms with van der Waals surface area (Å²) in [7, 11) is 0. The summed E-state index contributed by atoms with van der Waals surface area (Å²) in [6, 6.07) is 32.0. The Morgan fingerprint density at radius 3 is 2.46 bits per heavy atom. The first-order chi connectivity index (χ1) is 19.3. The van der Waals surface area contributed by atoms with E-state index in [1.54, 1.807) is 0 Å². The summed E-state index contributed by atoms with van der Waals surface area (Å²) in [5.74, 6) is 0. The molecule has 4 aromatic carbocycles. The molecule has 0 amide bonds. The second-order valence-electron chi connectivity index (χ2n) is 10.1. The summed E-state index contributed by atoms with van der Waals surface area (Å²) in [5.41, 5.74) is 10.4. The van der Waals surface area contributed by atoms with Crippen LogP contribution in [0.15, 0.2) is 127 Å². The Hall–Kier alpha value is -5.40. The third-order valence-electron chi connectivity index (χ3n) is 7.82. The minimum Gasteiger partial charge on any atom is -0.374 e. The first kappa shape index (κ1) is 21.7. The molecule has 0 saturated heterocycles. The van der Waals surface area contributed by atoms with Gasteiger partial charge in [0.1, 0.15) is 5.65 Å². The molecule has 3 heterocycles. The highest BCUT2D eigenvalue weighted by atomic mass is 15.0. The lowest BCUT2D eigenvalue weighted by Gasteiger charge is -2.25. The van der Waals surface area contributed by atoms with Gasteiger partial charge in [0.2, 0.25) is 0 Å². The monoisotopic (exact) mass is 498 g/mol. The number of rotatable bonds is 2. The molecule has 1 atom stereocenters. The SMILES string of the molecule is N#Cc1ccc2c3cc(-c4ccc(C5=CC=C6C=CC=CC6N5)cc4)ccc3c3nc4ccccc4n3c2c1. The number of imidazole rings is 1. The van der Waals surface area contributed by atoms with E-state index in [1.165, 1.54) is 5.57 Å². The van der Waals surface area contributed by atoms with Crippen LogP contribution in [0.4, 0.5) is 0 Å². The van der Waals surface area contributed by atoms with Crippen molar-refractivity contribution in [3.8, 4) is 17.2 Å². The zero-order chi connectivity index (χ0) is 25.9. The van der Waals surface area contributed by atoms with Gasteiger partial charge in [-0.1, -0.05) is 78.9 Å². The molecule has 39 heavy (non-hydrogen) atoms. The number of fused-ring (bicyclic) bond motifs is 9. The lowest BCUT2D eigenvalue weighted by Crippen LogP contribution is -2.30. The number of pyridine rings is 1. The Morgan fingerprint density at radius 2 is 1.56 bits per heavy atom. The maximum atomic E-state index is 9.62. The zero-order valence-electron chi connectivity index (χ0n) is 21.0. The topological polar surface area (TPSA) is 53.1 Å². The van der Waals surface area contributed by atoms with Gasteiger partial charge in [-0.25, -0.2) is 4.98 Å². The Labute approximate surface area is 225 Å². The molecule has 0 saturated carbocycles. The maximum absolute atomic E-state index is 9.62. The van der Waals surface area contributed by atoms with Crippen LogP contribution in [-0.4, -0.2) is 15.4 Å². The highest BCUT2D eigenvalue weighted by Gasteiger charge is 2.17. The highest BCUT2D eigenvalue weighted by Crippen LogP contribution is 2.35. The molecule has 2 aliphatic rings. The Bertz CT molecular complexity index is 2150. The number of hydrogen-bond donors (Lipinski definition) is 1. The number of aromatic nitrogens is 2. The molecule has 4 heteroatoms. The molecule has 1 aliphatic carbocycles. The molecule has 1 aliphatic heterocycles.